The molecule has 318 valence electrons. The van der Waals surface area contributed by atoms with Gasteiger partial charge in [-0.3, -0.25) is 9.78 Å². The molecule has 20 heteroatoms. The van der Waals surface area contributed by atoms with E-state index >= 15 is 0 Å². The predicted octanol–water partition coefficient (Wildman–Crippen LogP) is 3.24. The minimum atomic E-state index is -4.24. The Morgan fingerprint density at radius 1 is 0.966 bits per heavy atom. The van der Waals surface area contributed by atoms with Crippen molar-refractivity contribution in [2.45, 2.75) is 64.1 Å². The van der Waals surface area contributed by atoms with Crippen LogP contribution in [0.4, 0.5) is 10.5 Å². The third kappa shape index (κ3) is 11.9. The number of nitrogens with one attached hydrogen (secondary N) is 1. The molecule has 1 saturated heterocycles. The molecule has 1 spiro atoms. The number of hydrogen-bond donors (Lipinski definition) is 1. The molecule has 58 heavy (non-hydrogen) atoms. The van der Waals surface area contributed by atoms with Gasteiger partial charge < -0.3 is 33.2 Å². The fraction of sp³-hybridized carbons (Fsp3) is 0.579. The zero-order valence-electron chi connectivity index (χ0n) is 33.0. The smallest absolute Gasteiger partial charge is 0.422 e. The van der Waals surface area contributed by atoms with E-state index in [1.54, 1.807) is 56.3 Å². The Balaban J connectivity index is 1.18. The third-order valence-corrected chi connectivity index (χ3v) is 13.0. The summed E-state index contributed by atoms with van der Waals surface area (Å²) in [5.41, 5.74) is 0.693. The van der Waals surface area contributed by atoms with Crippen molar-refractivity contribution < 1.29 is 50.1 Å². The molecule has 4 heterocycles. The molecule has 2 amide bonds. The lowest BCUT2D eigenvalue weighted by molar-refractivity contribution is -0.124. The topological polar surface area (TPSA) is 198 Å². The molecule has 0 radical (unpaired) electrons. The summed E-state index contributed by atoms with van der Waals surface area (Å²) in [5, 5.41) is 0.473. The van der Waals surface area contributed by atoms with Crippen LogP contribution in [0.2, 0.25) is 5.02 Å². The number of fused-ring (bicyclic) bond motifs is 3. The zero-order chi connectivity index (χ0) is 42.0. The van der Waals surface area contributed by atoms with E-state index in [9.17, 15) is 26.4 Å². The van der Waals surface area contributed by atoms with Gasteiger partial charge in [-0.2, -0.15) is 12.7 Å². The number of imidazole rings is 1. The molecular weight excluding hydrogens is 816 g/mol. The Morgan fingerprint density at radius 2 is 1.62 bits per heavy atom. The maximum Gasteiger partial charge on any atom is 0.422 e. The summed E-state index contributed by atoms with van der Waals surface area (Å²) < 4.78 is 83.6. The van der Waals surface area contributed by atoms with Gasteiger partial charge in [0, 0.05) is 30.9 Å². The number of amides is 2. The molecule has 1 aromatic carbocycles. The van der Waals surface area contributed by atoms with Gasteiger partial charge in [-0.1, -0.05) is 17.5 Å². The van der Waals surface area contributed by atoms with Crippen molar-refractivity contribution in [1.82, 2.24) is 23.6 Å². The van der Waals surface area contributed by atoms with Crippen molar-refractivity contribution in [1.29, 1.82) is 0 Å². The first kappa shape index (κ1) is 45.2. The second kappa shape index (κ2) is 19.9. The van der Waals surface area contributed by atoms with Crippen molar-refractivity contribution in [2.75, 3.05) is 82.4 Å². The number of sulfone groups is 1. The Labute approximate surface area is 344 Å². The Bertz CT molecular complexity index is 2160. The zero-order valence-corrected chi connectivity index (χ0v) is 35.4. The SMILES string of the molecule is C#CCOCCOCCOCCOCCS(=O)(=O)CCCn1c(CN2C(=O)C3(CCN(S(=O)(=O)NC(=O)OC(C)(C)C)CC3)c3ccncc32)nc2cc(Cl)ccc21. The first-order chi connectivity index (χ1) is 27.6. The molecule has 0 saturated carbocycles. The van der Waals surface area contributed by atoms with Crippen LogP contribution in [0.1, 0.15) is 51.4 Å². The fourth-order valence-electron chi connectivity index (χ4n) is 6.89. The molecule has 2 aliphatic rings. The van der Waals surface area contributed by atoms with Crippen LogP contribution in [-0.2, 0) is 67.0 Å². The molecular formula is C38H51ClN6O11S2. The lowest BCUT2D eigenvalue weighted by atomic mass is 9.74. The van der Waals surface area contributed by atoms with Gasteiger partial charge in [-0.25, -0.2) is 22.9 Å². The maximum absolute atomic E-state index is 14.5. The highest BCUT2D eigenvalue weighted by atomic mass is 35.5. The number of piperidine rings is 1. The van der Waals surface area contributed by atoms with Crippen LogP contribution in [0.5, 0.6) is 0 Å². The van der Waals surface area contributed by atoms with Crippen LogP contribution < -0.4 is 9.62 Å². The van der Waals surface area contributed by atoms with Crippen molar-refractivity contribution in [3.8, 4) is 12.3 Å². The van der Waals surface area contributed by atoms with E-state index in [2.05, 4.69) is 10.9 Å². The van der Waals surface area contributed by atoms with Crippen LogP contribution >= 0.6 is 11.6 Å². The van der Waals surface area contributed by atoms with E-state index in [0.717, 1.165) is 15.4 Å². The normalized spacial score (nSPS) is 15.8. The molecule has 1 N–H and O–H groups in total. The monoisotopic (exact) mass is 866 g/mol. The van der Waals surface area contributed by atoms with E-state index in [4.69, 9.17) is 46.7 Å². The first-order valence-electron chi connectivity index (χ1n) is 18.9. The summed E-state index contributed by atoms with van der Waals surface area (Å²) >= 11 is 6.32. The van der Waals surface area contributed by atoms with Gasteiger partial charge in [0.1, 0.15) is 18.0 Å². The first-order valence-corrected chi connectivity index (χ1v) is 22.6. The van der Waals surface area contributed by atoms with Crippen LogP contribution in [0.15, 0.2) is 36.7 Å². The fourth-order valence-corrected chi connectivity index (χ4v) is 9.25. The quantitative estimate of drug-likeness (QED) is 0.121. The van der Waals surface area contributed by atoms with Crippen molar-refractivity contribution >= 4 is 60.4 Å². The number of terminal acetylenes is 1. The van der Waals surface area contributed by atoms with Crippen LogP contribution in [0.25, 0.3) is 11.0 Å². The standard InChI is InChI=1S/C38H51ClN6O11S2/c1-5-16-52-17-18-53-19-20-54-21-22-55-23-25-57(48,49)24-6-13-44-32-8-7-29(39)26-31(32)41-34(44)28-45-33-27-40-12-9-30(33)38(35(45)46)10-14-43(15-11-38)58(50,51)42-36(47)56-37(2,3)4/h1,7-9,12,26-27H,6,10-11,13-25,28H2,2-4H3,(H,42,47). The number of halogens is 1. The molecule has 0 atom stereocenters. The van der Waals surface area contributed by atoms with Gasteiger partial charge >= 0.3 is 16.3 Å². The summed E-state index contributed by atoms with van der Waals surface area (Å²) in [6, 6.07) is 7.02. The number of benzene rings is 1. The average molecular weight is 867 g/mol. The van der Waals surface area contributed by atoms with E-state index < -0.39 is 37.2 Å². The number of carbonyl (C=O) groups excluding carboxylic acids is 2. The Morgan fingerprint density at radius 3 is 2.28 bits per heavy atom. The summed E-state index contributed by atoms with van der Waals surface area (Å²) in [6.45, 7) is 7.56. The lowest BCUT2D eigenvalue weighted by Crippen LogP contribution is -2.53. The minimum absolute atomic E-state index is 0.0231. The van der Waals surface area contributed by atoms with Crippen LogP contribution in [0.3, 0.4) is 0 Å². The predicted molar refractivity (Wildman–Crippen MR) is 216 cm³/mol. The molecule has 0 aliphatic carbocycles. The van der Waals surface area contributed by atoms with Crippen molar-refractivity contribution in [3.05, 3.63) is 53.1 Å². The molecule has 2 aromatic heterocycles. The molecule has 0 unspecified atom stereocenters. The number of aromatic nitrogens is 3. The summed E-state index contributed by atoms with van der Waals surface area (Å²) in [5.74, 6) is 2.42. The van der Waals surface area contributed by atoms with E-state index in [-0.39, 0.29) is 76.1 Å². The highest BCUT2D eigenvalue weighted by Crippen LogP contribution is 2.48. The number of carbonyl (C=O) groups is 2. The van der Waals surface area contributed by atoms with Crippen LogP contribution in [-0.4, -0.2) is 131 Å². The number of nitrogens with zero attached hydrogens (tertiary/aromatic N) is 5. The highest BCUT2D eigenvalue weighted by molar-refractivity contribution is 7.91. The van der Waals surface area contributed by atoms with Gasteiger partial charge in [0.05, 0.1) is 92.6 Å². The highest BCUT2D eigenvalue weighted by Gasteiger charge is 2.53. The van der Waals surface area contributed by atoms with Crippen molar-refractivity contribution in [2.24, 2.45) is 0 Å². The number of aryl methyl sites for hydroxylation is 1. The molecule has 1 fully saturated rings. The largest absolute Gasteiger partial charge is 0.443 e. The third-order valence-electron chi connectivity index (χ3n) is 9.55. The van der Waals surface area contributed by atoms with Gasteiger partial charge in [0.2, 0.25) is 5.91 Å². The lowest BCUT2D eigenvalue weighted by Gasteiger charge is -2.37. The van der Waals surface area contributed by atoms with E-state index in [0.29, 0.717) is 61.6 Å². The van der Waals surface area contributed by atoms with E-state index in [1.807, 2.05) is 15.4 Å². The van der Waals surface area contributed by atoms with Crippen LogP contribution in [0, 0.1) is 12.3 Å². The second-order valence-electron chi connectivity index (χ2n) is 14.8. The number of anilines is 1. The molecule has 2 aliphatic heterocycles. The molecule has 5 rings (SSSR count). The number of hydrogen-bond acceptors (Lipinski definition) is 13. The minimum Gasteiger partial charge on any atom is -0.443 e. The van der Waals surface area contributed by atoms with Gasteiger partial charge in [0.15, 0.2) is 9.84 Å². The molecule has 0 bridgehead atoms. The average Bonchev–Trinajstić information content (AvgIpc) is 3.60. The number of pyridine rings is 1. The number of rotatable bonds is 21. The summed E-state index contributed by atoms with van der Waals surface area (Å²) in [4.78, 5) is 37.5. The second-order valence-corrected chi connectivity index (χ2v) is 19.2. The summed E-state index contributed by atoms with van der Waals surface area (Å²) in [6.07, 6.45) is 7.83. The number of ether oxygens (including phenoxy) is 5. The van der Waals surface area contributed by atoms with Gasteiger partial charge in [-0.05, 0) is 69.9 Å². The van der Waals surface area contributed by atoms with Gasteiger partial charge in [0.25, 0.3) is 0 Å². The maximum atomic E-state index is 14.5. The van der Waals surface area contributed by atoms with Gasteiger partial charge in [-0.15, -0.1) is 6.42 Å². The molecule has 17 nitrogen and oxygen atoms in total. The van der Waals surface area contributed by atoms with Crippen molar-refractivity contribution in [3.63, 3.8) is 0 Å². The summed E-state index contributed by atoms with van der Waals surface area (Å²) in [7, 11) is -7.69. The Kier molecular flexibility index (Phi) is 15.5. The van der Waals surface area contributed by atoms with E-state index in [1.165, 1.54) is 0 Å². The molecule has 3 aromatic rings. The Hall–Kier alpha value is -3.87.